The van der Waals surface area contributed by atoms with Crippen LogP contribution in [0.2, 0.25) is 0 Å². The Kier molecular flexibility index (Phi) is 9.01. The molecule has 1 unspecified atom stereocenters. The number of nitrogens with zero attached hydrogens (tertiary/aromatic N) is 1. The summed E-state index contributed by atoms with van der Waals surface area (Å²) in [5.74, 6) is 1.45. The number of benzene rings is 2. The Hall–Kier alpha value is -1.81. The van der Waals surface area contributed by atoms with Gasteiger partial charge >= 0.3 is 0 Å². The second-order valence-corrected chi connectivity index (χ2v) is 8.90. The normalized spacial score (nSPS) is 15.5. The van der Waals surface area contributed by atoms with Gasteiger partial charge in [0.05, 0.1) is 44.8 Å². The van der Waals surface area contributed by atoms with Crippen LogP contribution in [0.1, 0.15) is 24.0 Å². The zero-order valence-corrected chi connectivity index (χ0v) is 19.0. The molecule has 0 heterocycles. The van der Waals surface area contributed by atoms with Crippen LogP contribution in [0.25, 0.3) is 0 Å². The van der Waals surface area contributed by atoms with Crippen molar-refractivity contribution in [2.45, 2.75) is 31.4 Å². The van der Waals surface area contributed by atoms with Crippen LogP contribution in [0.3, 0.4) is 0 Å². The van der Waals surface area contributed by atoms with Gasteiger partial charge in [-0.25, -0.2) is 4.89 Å². The minimum atomic E-state index is -0.844. The second kappa shape index (κ2) is 11.7. The van der Waals surface area contributed by atoms with Gasteiger partial charge in [-0.05, 0) is 48.4 Å². The first kappa shape index (κ1) is 23.8. The standard InChI is InChI=1S/C23H32N2O5S/c1-25(31-30-27-2)21-10-20(11-22(12-21)29-15-19-8-9-19)14-28-17-23(24,16-26)13-18-6-4-3-5-7-18/h3-7,10-12,19,26H,8-9,13-17,24H2,1-2H3. The van der Waals surface area contributed by atoms with Gasteiger partial charge in [0, 0.05) is 13.1 Å². The number of ether oxygens (including phenoxy) is 2. The Morgan fingerprint density at radius 2 is 1.94 bits per heavy atom. The zero-order chi connectivity index (χ0) is 22.1. The van der Waals surface area contributed by atoms with Crippen molar-refractivity contribution in [1.29, 1.82) is 0 Å². The summed E-state index contributed by atoms with van der Waals surface area (Å²) in [6, 6.07) is 15.8. The highest BCUT2D eigenvalue weighted by molar-refractivity contribution is 7.95. The molecule has 0 aliphatic heterocycles. The van der Waals surface area contributed by atoms with Crippen molar-refractivity contribution in [3.8, 4) is 5.75 Å². The number of nitrogens with two attached hydrogens (primary N) is 1. The molecule has 1 fully saturated rings. The topological polar surface area (TPSA) is 86.4 Å². The fraction of sp³-hybridized carbons (Fsp3) is 0.478. The van der Waals surface area contributed by atoms with Gasteiger partial charge in [-0.2, -0.15) is 0 Å². The van der Waals surface area contributed by atoms with E-state index in [1.807, 2.05) is 59.9 Å². The van der Waals surface area contributed by atoms with Crippen LogP contribution in [-0.4, -0.2) is 44.6 Å². The average molecular weight is 449 g/mol. The van der Waals surface area contributed by atoms with Crippen molar-refractivity contribution >= 4 is 17.9 Å². The number of hydrogen-bond donors (Lipinski definition) is 2. The fourth-order valence-electron chi connectivity index (χ4n) is 3.14. The van der Waals surface area contributed by atoms with E-state index in [1.54, 1.807) is 0 Å². The molecule has 0 amide bonds. The first-order valence-corrected chi connectivity index (χ1v) is 11.1. The SMILES string of the molecule is COOSN(C)c1cc(COCC(N)(CO)Cc2ccccc2)cc(OCC2CC2)c1. The summed E-state index contributed by atoms with van der Waals surface area (Å²) in [6.07, 6.45) is 3.00. The molecule has 3 rings (SSSR count). The molecule has 8 heteroatoms. The molecule has 1 saturated carbocycles. The predicted molar refractivity (Wildman–Crippen MR) is 123 cm³/mol. The van der Waals surface area contributed by atoms with E-state index in [-0.39, 0.29) is 13.2 Å². The van der Waals surface area contributed by atoms with E-state index in [9.17, 15) is 5.11 Å². The summed E-state index contributed by atoms with van der Waals surface area (Å²) in [6.45, 7) is 1.15. The third kappa shape index (κ3) is 7.99. The third-order valence-electron chi connectivity index (χ3n) is 5.08. The molecule has 31 heavy (non-hydrogen) atoms. The van der Waals surface area contributed by atoms with Crippen LogP contribution >= 0.6 is 12.2 Å². The third-order valence-corrected chi connectivity index (χ3v) is 5.71. The molecule has 0 saturated heterocycles. The van der Waals surface area contributed by atoms with Gasteiger partial charge in [-0.1, -0.05) is 30.3 Å². The molecule has 0 radical (unpaired) electrons. The average Bonchev–Trinajstić information content (AvgIpc) is 3.61. The summed E-state index contributed by atoms with van der Waals surface area (Å²) in [5.41, 5.74) is 8.48. The molecule has 1 atom stereocenters. The first-order valence-electron chi connectivity index (χ1n) is 10.4. The monoisotopic (exact) mass is 448 g/mol. The van der Waals surface area contributed by atoms with Crippen molar-refractivity contribution < 1.29 is 23.8 Å². The van der Waals surface area contributed by atoms with E-state index in [2.05, 4.69) is 4.89 Å². The van der Waals surface area contributed by atoms with Gasteiger partial charge in [0.1, 0.15) is 5.75 Å². The van der Waals surface area contributed by atoms with Crippen LogP contribution in [0.15, 0.2) is 48.5 Å². The first-order chi connectivity index (χ1) is 15.0. The van der Waals surface area contributed by atoms with Crippen molar-refractivity contribution in [3.05, 3.63) is 59.7 Å². The summed E-state index contributed by atoms with van der Waals surface area (Å²) in [7, 11) is 3.34. The summed E-state index contributed by atoms with van der Waals surface area (Å²) in [5, 5.41) is 9.85. The Labute approximate surface area is 188 Å². The van der Waals surface area contributed by atoms with Gasteiger partial charge in [-0.3, -0.25) is 4.31 Å². The van der Waals surface area contributed by atoms with Gasteiger partial charge < -0.3 is 20.3 Å². The highest BCUT2D eigenvalue weighted by atomic mass is 32.2. The maximum absolute atomic E-state index is 9.85. The summed E-state index contributed by atoms with van der Waals surface area (Å²) < 4.78 is 18.7. The van der Waals surface area contributed by atoms with Gasteiger partial charge in [0.2, 0.25) is 0 Å². The zero-order valence-electron chi connectivity index (χ0n) is 18.2. The van der Waals surface area contributed by atoms with Crippen molar-refractivity contribution in [3.63, 3.8) is 0 Å². The quantitative estimate of drug-likeness (QED) is 0.197. The number of hydrogen-bond acceptors (Lipinski definition) is 8. The number of anilines is 1. The minimum absolute atomic E-state index is 0.161. The van der Waals surface area contributed by atoms with Crippen molar-refractivity contribution in [2.75, 3.05) is 38.3 Å². The lowest BCUT2D eigenvalue weighted by atomic mass is 9.93. The Balaban J connectivity index is 1.63. The molecular weight excluding hydrogens is 416 g/mol. The maximum Gasteiger partial charge on any atom is 0.151 e. The largest absolute Gasteiger partial charge is 0.493 e. The lowest BCUT2D eigenvalue weighted by Gasteiger charge is -2.27. The van der Waals surface area contributed by atoms with Crippen molar-refractivity contribution in [1.82, 2.24) is 0 Å². The fourth-order valence-corrected chi connectivity index (χ4v) is 3.48. The Bertz CT molecular complexity index is 806. The molecule has 1 aliphatic carbocycles. The molecular formula is C23H32N2O5S. The maximum atomic E-state index is 9.85. The highest BCUT2D eigenvalue weighted by Gasteiger charge is 2.25. The van der Waals surface area contributed by atoms with E-state index < -0.39 is 5.54 Å². The van der Waals surface area contributed by atoms with E-state index in [0.29, 0.717) is 18.9 Å². The molecule has 0 aromatic heterocycles. The highest BCUT2D eigenvalue weighted by Crippen LogP contribution is 2.32. The number of aliphatic hydroxyl groups excluding tert-OH is 1. The van der Waals surface area contributed by atoms with Crippen LogP contribution < -0.4 is 14.8 Å². The van der Waals surface area contributed by atoms with E-state index in [0.717, 1.165) is 41.4 Å². The molecule has 3 N–H and O–H groups in total. The van der Waals surface area contributed by atoms with Crippen LogP contribution in [0.5, 0.6) is 5.75 Å². The summed E-state index contributed by atoms with van der Waals surface area (Å²) >= 11 is 1.08. The van der Waals surface area contributed by atoms with Gasteiger partial charge in [0.25, 0.3) is 0 Å². The van der Waals surface area contributed by atoms with Gasteiger partial charge in [0.15, 0.2) is 12.2 Å². The van der Waals surface area contributed by atoms with E-state index in [4.69, 9.17) is 19.5 Å². The molecule has 170 valence electrons. The van der Waals surface area contributed by atoms with Gasteiger partial charge in [-0.15, -0.1) is 4.33 Å². The van der Waals surface area contributed by atoms with Crippen molar-refractivity contribution in [2.24, 2.45) is 11.7 Å². The Morgan fingerprint density at radius 3 is 2.61 bits per heavy atom. The molecule has 0 bridgehead atoms. The molecule has 1 aliphatic rings. The predicted octanol–water partition coefficient (Wildman–Crippen LogP) is 3.50. The smallest absolute Gasteiger partial charge is 0.151 e. The molecule has 0 spiro atoms. The Morgan fingerprint density at radius 1 is 1.16 bits per heavy atom. The lowest BCUT2D eigenvalue weighted by Crippen LogP contribution is -2.50. The lowest BCUT2D eigenvalue weighted by molar-refractivity contribution is -0.160. The number of rotatable bonds is 14. The van der Waals surface area contributed by atoms with E-state index >= 15 is 0 Å². The van der Waals surface area contributed by atoms with Crippen LogP contribution in [-0.2, 0) is 27.0 Å². The molecule has 2 aromatic rings. The molecule has 2 aromatic carbocycles. The number of aliphatic hydroxyl groups is 1. The molecule has 7 nitrogen and oxygen atoms in total. The minimum Gasteiger partial charge on any atom is -0.493 e. The second-order valence-electron chi connectivity index (χ2n) is 8.07. The van der Waals surface area contributed by atoms with Crippen LogP contribution in [0.4, 0.5) is 5.69 Å². The summed E-state index contributed by atoms with van der Waals surface area (Å²) in [4.78, 5) is 4.67. The van der Waals surface area contributed by atoms with Crippen LogP contribution in [0, 0.1) is 5.92 Å². The van der Waals surface area contributed by atoms with E-state index in [1.165, 1.54) is 20.0 Å².